The normalized spacial score (nSPS) is 20.3. The fraction of sp³-hybridized carbons (Fsp3) is 0.368. The summed E-state index contributed by atoms with van der Waals surface area (Å²) in [5.41, 5.74) is 3.92. The molecule has 1 atom stereocenters. The van der Waals surface area contributed by atoms with Gasteiger partial charge in [-0.25, -0.2) is 4.52 Å². The maximum absolute atomic E-state index is 12.9. The van der Waals surface area contributed by atoms with Gasteiger partial charge in [0, 0.05) is 30.7 Å². The van der Waals surface area contributed by atoms with E-state index in [1.54, 1.807) is 24.5 Å². The van der Waals surface area contributed by atoms with Crippen LogP contribution in [0.25, 0.3) is 5.52 Å². The zero-order chi connectivity index (χ0) is 16.8. The molecule has 0 unspecified atom stereocenters. The van der Waals surface area contributed by atoms with Crippen LogP contribution >= 0.6 is 0 Å². The average molecular weight is 333 g/mol. The summed E-state index contributed by atoms with van der Waals surface area (Å²) in [4.78, 5) is 18.8. The number of aromatic nitrogens is 4. The standard InChI is InChI=1S/C19H19N5O/c25-19(14-7-9-20-10-8-14)23-11-1-2-16(23)18-17-6-5-15(13-3-4-13)12-24(17)22-21-18/h5-10,12-13,16H,1-4,11H2/t16-/m1/s1. The van der Waals surface area contributed by atoms with Gasteiger partial charge in [0.25, 0.3) is 5.91 Å². The number of amides is 1. The van der Waals surface area contributed by atoms with Crippen LogP contribution in [0, 0.1) is 0 Å². The lowest BCUT2D eigenvalue weighted by molar-refractivity contribution is 0.0733. The first-order chi connectivity index (χ1) is 12.3. The lowest BCUT2D eigenvalue weighted by Gasteiger charge is -2.23. The summed E-state index contributed by atoms with van der Waals surface area (Å²) in [7, 11) is 0. The molecule has 0 bridgehead atoms. The fourth-order valence-corrected chi connectivity index (χ4v) is 3.78. The molecule has 0 spiro atoms. The highest BCUT2D eigenvalue weighted by Gasteiger charge is 2.34. The van der Waals surface area contributed by atoms with E-state index in [0.717, 1.165) is 30.6 Å². The van der Waals surface area contributed by atoms with E-state index in [9.17, 15) is 4.79 Å². The van der Waals surface area contributed by atoms with E-state index in [1.807, 2.05) is 9.42 Å². The molecule has 0 radical (unpaired) electrons. The Morgan fingerprint density at radius 3 is 2.72 bits per heavy atom. The topological polar surface area (TPSA) is 63.4 Å². The van der Waals surface area contributed by atoms with E-state index in [-0.39, 0.29) is 11.9 Å². The maximum atomic E-state index is 12.9. The number of nitrogens with zero attached hydrogens (tertiary/aromatic N) is 5. The Morgan fingerprint density at radius 1 is 1.08 bits per heavy atom. The van der Waals surface area contributed by atoms with Crippen LogP contribution in [0.1, 0.15) is 59.3 Å². The van der Waals surface area contributed by atoms with Gasteiger partial charge in [-0.3, -0.25) is 9.78 Å². The van der Waals surface area contributed by atoms with E-state index < -0.39 is 0 Å². The first-order valence-electron chi connectivity index (χ1n) is 8.87. The number of carbonyl (C=O) groups is 1. The Labute approximate surface area is 145 Å². The molecule has 3 aromatic rings. The Bertz CT molecular complexity index is 931. The number of rotatable bonds is 3. The number of pyridine rings is 2. The number of fused-ring (bicyclic) bond motifs is 1. The highest BCUT2D eigenvalue weighted by atomic mass is 16.2. The Morgan fingerprint density at radius 2 is 1.92 bits per heavy atom. The summed E-state index contributed by atoms with van der Waals surface area (Å²) in [6.07, 6.45) is 9.86. The van der Waals surface area contributed by atoms with Crippen LogP contribution in [0.2, 0.25) is 0 Å². The number of likely N-dealkylation sites (tertiary alicyclic amines) is 1. The van der Waals surface area contributed by atoms with Crippen molar-refractivity contribution in [2.75, 3.05) is 6.54 Å². The van der Waals surface area contributed by atoms with Crippen molar-refractivity contribution in [3.8, 4) is 0 Å². The number of hydrogen-bond donors (Lipinski definition) is 0. The van der Waals surface area contributed by atoms with Crippen LogP contribution in [-0.2, 0) is 0 Å². The Hall–Kier alpha value is -2.76. The third kappa shape index (κ3) is 2.49. The largest absolute Gasteiger partial charge is 0.330 e. The highest BCUT2D eigenvalue weighted by Crippen LogP contribution is 2.40. The van der Waals surface area contributed by atoms with Gasteiger partial charge in [-0.2, -0.15) is 0 Å². The average Bonchev–Trinajstić information content (AvgIpc) is 3.25. The third-order valence-corrected chi connectivity index (χ3v) is 5.27. The van der Waals surface area contributed by atoms with Crippen molar-refractivity contribution >= 4 is 11.4 Å². The van der Waals surface area contributed by atoms with Crippen LogP contribution in [0.5, 0.6) is 0 Å². The third-order valence-electron chi connectivity index (χ3n) is 5.27. The highest BCUT2D eigenvalue weighted by molar-refractivity contribution is 5.94. The monoisotopic (exact) mass is 333 g/mol. The summed E-state index contributed by atoms with van der Waals surface area (Å²) < 4.78 is 1.87. The molecule has 1 saturated carbocycles. The van der Waals surface area contributed by atoms with Gasteiger partial charge in [-0.1, -0.05) is 11.3 Å². The summed E-state index contributed by atoms with van der Waals surface area (Å²) in [5.74, 6) is 0.731. The molecule has 3 aromatic heterocycles. The smallest absolute Gasteiger partial charge is 0.254 e. The molecule has 2 fully saturated rings. The van der Waals surface area contributed by atoms with Crippen molar-refractivity contribution < 1.29 is 4.79 Å². The molecule has 126 valence electrons. The minimum atomic E-state index is -0.00931. The molecular formula is C19H19N5O. The molecule has 4 heterocycles. The second kappa shape index (κ2) is 5.65. The first kappa shape index (κ1) is 14.6. The van der Waals surface area contributed by atoms with Crippen LogP contribution in [0.15, 0.2) is 42.9 Å². The van der Waals surface area contributed by atoms with Gasteiger partial charge in [0.2, 0.25) is 0 Å². The first-order valence-corrected chi connectivity index (χ1v) is 8.87. The second-order valence-electron chi connectivity index (χ2n) is 6.93. The molecular weight excluding hydrogens is 314 g/mol. The van der Waals surface area contributed by atoms with E-state index >= 15 is 0 Å². The molecule has 1 amide bonds. The van der Waals surface area contributed by atoms with E-state index in [2.05, 4.69) is 33.6 Å². The molecule has 25 heavy (non-hydrogen) atoms. The molecule has 2 aliphatic rings. The van der Waals surface area contributed by atoms with Gasteiger partial charge in [-0.05, 0) is 55.4 Å². The molecule has 6 nitrogen and oxygen atoms in total. The van der Waals surface area contributed by atoms with Crippen molar-refractivity contribution in [1.29, 1.82) is 0 Å². The van der Waals surface area contributed by atoms with Gasteiger partial charge in [0.15, 0.2) is 0 Å². The molecule has 0 N–H and O–H groups in total. The van der Waals surface area contributed by atoms with Gasteiger partial charge in [0.1, 0.15) is 5.69 Å². The van der Waals surface area contributed by atoms with Crippen molar-refractivity contribution in [2.24, 2.45) is 0 Å². The molecule has 6 heteroatoms. The lowest BCUT2D eigenvalue weighted by atomic mass is 10.1. The van der Waals surface area contributed by atoms with Crippen molar-refractivity contribution in [1.82, 2.24) is 24.7 Å². The molecule has 1 aliphatic heterocycles. The second-order valence-corrected chi connectivity index (χ2v) is 6.93. The minimum Gasteiger partial charge on any atom is -0.330 e. The maximum Gasteiger partial charge on any atom is 0.254 e. The van der Waals surface area contributed by atoms with Gasteiger partial charge >= 0.3 is 0 Å². The molecule has 0 aromatic carbocycles. The van der Waals surface area contributed by atoms with Crippen molar-refractivity contribution in [3.63, 3.8) is 0 Å². The van der Waals surface area contributed by atoms with Crippen LogP contribution in [0.3, 0.4) is 0 Å². The zero-order valence-electron chi connectivity index (χ0n) is 13.9. The molecule has 1 aliphatic carbocycles. The number of carbonyl (C=O) groups excluding carboxylic acids is 1. The van der Waals surface area contributed by atoms with E-state index in [1.165, 1.54) is 18.4 Å². The van der Waals surface area contributed by atoms with Crippen LogP contribution < -0.4 is 0 Å². The van der Waals surface area contributed by atoms with E-state index in [0.29, 0.717) is 11.5 Å². The molecule has 1 saturated heterocycles. The Kier molecular flexibility index (Phi) is 3.29. The van der Waals surface area contributed by atoms with Crippen molar-refractivity contribution in [2.45, 2.75) is 37.6 Å². The minimum absolute atomic E-state index is 0.00931. The van der Waals surface area contributed by atoms with E-state index in [4.69, 9.17) is 0 Å². The SMILES string of the molecule is O=C(c1ccncc1)N1CCC[C@@H]1c1nnn2cc(C3CC3)ccc12. The van der Waals surface area contributed by atoms with Crippen molar-refractivity contribution in [3.05, 3.63) is 59.7 Å². The van der Waals surface area contributed by atoms with Crippen LogP contribution in [0.4, 0.5) is 0 Å². The molecule has 5 rings (SSSR count). The summed E-state index contributed by atoms with van der Waals surface area (Å²) >= 11 is 0. The fourth-order valence-electron chi connectivity index (χ4n) is 3.78. The summed E-state index contributed by atoms with van der Waals surface area (Å²) in [6.45, 7) is 0.755. The van der Waals surface area contributed by atoms with Gasteiger partial charge in [-0.15, -0.1) is 5.10 Å². The van der Waals surface area contributed by atoms with Crippen LogP contribution in [-0.4, -0.2) is 37.2 Å². The predicted octanol–water partition coefficient (Wildman–Crippen LogP) is 2.98. The lowest BCUT2D eigenvalue weighted by Crippen LogP contribution is -2.30. The zero-order valence-corrected chi connectivity index (χ0v) is 13.9. The number of hydrogen-bond acceptors (Lipinski definition) is 4. The van der Waals surface area contributed by atoms with Gasteiger partial charge in [0.05, 0.1) is 11.6 Å². The predicted molar refractivity (Wildman–Crippen MR) is 92.2 cm³/mol. The summed E-state index contributed by atoms with van der Waals surface area (Å²) in [5, 5.41) is 8.75. The summed E-state index contributed by atoms with van der Waals surface area (Å²) in [6, 6.07) is 7.82. The quantitative estimate of drug-likeness (QED) is 0.739. The Balaban J connectivity index is 1.49. The van der Waals surface area contributed by atoms with Gasteiger partial charge < -0.3 is 4.90 Å².